The Balaban J connectivity index is 2.35. The van der Waals surface area contributed by atoms with E-state index in [1.807, 2.05) is 13.8 Å². The molecule has 1 atom stereocenters. The van der Waals surface area contributed by atoms with Crippen LogP contribution in [0.1, 0.15) is 33.1 Å². The van der Waals surface area contributed by atoms with E-state index in [1.54, 1.807) is 0 Å². The molecule has 0 aromatic carbocycles. The van der Waals surface area contributed by atoms with E-state index in [1.165, 1.54) is 0 Å². The average molecular weight is 239 g/mol. The van der Waals surface area contributed by atoms with Crippen LogP contribution in [-0.2, 0) is 4.74 Å². The molecule has 1 rings (SSSR count). The Morgan fingerprint density at radius 3 is 2.65 bits per heavy atom. The first-order valence-corrected chi connectivity index (χ1v) is 6.55. The van der Waals surface area contributed by atoms with Crippen molar-refractivity contribution in [3.8, 4) is 6.07 Å². The standard InChI is InChI=1S/C13H25N3O/c1-4-15-13(2,11-14)7-8-16(3)12-5-9-17-10-6-12/h12,15H,4-10H2,1-3H3. The van der Waals surface area contributed by atoms with Crippen molar-refractivity contribution in [1.82, 2.24) is 10.2 Å². The van der Waals surface area contributed by atoms with Crippen LogP contribution in [0.3, 0.4) is 0 Å². The highest BCUT2D eigenvalue weighted by atomic mass is 16.5. The number of nitrogens with one attached hydrogen (secondary N) is 1. The van der Waals surface area contributed by atoms with Crippen molar-refractivity contribution < 1.29 is 4.74 Å². The lowest BCUT2D eigenvalue weighted by Crippen LogP contribution is -2.45. The third kappa shape index (κ3) is 4.63. The Morgan fingerprint density at radius 1 is 1.47 bits per heavy atom. The Labute approximate surface area is 105 Å². The zero-order valence-electron chi connectivity index (χ0n) is 11.3. The van der Waals surface area contributed by atoms with E-state index >= 15 is 0 Å². The molecule has 1 fully saturated rings. The molecule has 17 heavy (non-hydrogen) atoms. The number of ether oxygens (including phenoxy) is 1. The summed E-state index contributed by atoms with van der Waals surface area (Å²) in [6.07, 6.45) is 3.09. The molecule has 0 aromatic heterocycles. The number of hydrogen-bond acceptors (Lipinski definition) is 4. The summed E-state index contributed by atoms with van der Waals surface area (Å²) in [5, 5.41) is 12.4. The number of hydrogen-bond donors (Lipinski definition) is 1. The van der Waals surface area contributed by atoms with Gasteiger partial charge in [-0.3, -0.25) is 5.32 Å². The summed E-state index contributed by atoms with van der Waals surface area (Å²) in [6, 6.07) is 2.99. The molecule has 4 nitrogen and oxygen atoms in total. The van der Waals surface area contributed by atoms with Gasteiger partial charge in [-0.2, -0.15) is 5.26 Å². The van der Waals surface area contributed by atoms with Crippen molar-refractivity contribution in [2.24, 2.45) is 0 Å². The Hall–Kier alpha value is -0.630. The highest BCUT2D eigenvalue weighted by Crippen LogP contribution is 2.15. The lowest BCUT2D eigenvalue weighted by Gasteiger charge is -2.33. The molecule has 0 spiro atoms. The van der Waals surface area contributed by atoms with Gasteiger partial charge in [-0.25, -0.2) is 0 Å². The molecule has 1 saturated heterocycles. The fourth-order valence-corrected chi connectivity index (χ4v) is 2.28. The van der Waals surface area contributed by atoms with Gasteiger partial charge < -0.3 is 9.64 Å². The normalized spacial score (nSPS) is 21.1. The Bertz CT molecular complexity index is 258. The molecule has 1 heterocycles. The molecule has 0 bridgehead atoms. The van der Waals surface area contributed by atoms with Gasteiger partial charge in [-0.15, -0.1) is 0 Å². The van der Waals surface area contributed by atoms with Crippen molar-refractivity contribution >= 4 is 0 Å². The highest BCUT2D eigenvalue weighted by Gasteiger charge is 2.25. The summed E-state index contributed by atoms with van der Waals surface area (Å²) in [5.41, 5.74) is -0.395. The van der Waals surface area contributed by atoms with E-state index in [9.17, 15) is 5.26 Å². The lowest BCUT2D eigenvalue weighted by molar-refractivity contribution is 0.0413. The Kier molecular flexibility index (Phi) is 5.90. The van der Waals surface area contributed by atoms with Crippen molar-refractivity contribution in [3.63, 3.8) is 0 Å². The molecule has 4 heteroatoms. The first-order chi connectivity index (χ1) is 8.11. The van der Waals surface area contributed by atoms with Crippen LogP contribution < -0.4 is 5.32 Å². The molecule has 0 radical (unpaired) electrons. The maximum atomic E-state index is 9.19. The number of nitriles is 1. The van der Waals surface area contributed by atoms with Crippen LogP contribution in [0, 0.1) is 11.3 Å². The van der Waals surface area contributed by atoms with E-state index in [0.717, 1.165) is 45.6 Å². The van der Waals surface area contributed by atoms with Crippen molar-refractivity contribution in [1.29, 1.82) is 5.26 Å². The topological polar surface area (TPSA) is 48.3 Å². The first kappa shape index (κ1) is 14.4. The molecule has 1 N–H and O–H groups in total. The van der Waals surface area contributed by atoms with E-state index in [4.69, 9.17) is 4.74 Å². The summed E-state index contributed by atoms with van der Waals surface area (Å²) in [5.74, 6) is 0. The van der Waals surface area contributed by atoms with Crippen LogP contribution in [0.5, 0.6) is 0 Å². The van der Waals surface area contributed by atoms with Crippen LogP contribution in [-0.4, -0.2) is 49.8 Å². The maximum Gasteiger partial charge on any atom is 0.105 e. The fraction of sp³-hybridized carbons (Fsp3) is 0.923. The molecular weight excluding hydrogens is 214 g/mol. The molecule has 1 aliphatic heterocycles. The van der Waals surface area contributed by atoms with Crippen LogP contribution in [0.15, 0.2) is 0 Å². The fourth-order valence-electron chi connectivity index (χ4n) is 2.28. The molecule has 1 unspecified atom stereocenters. The third-order valence-electron chi connectivity index (χ3n) is 3.59. The highest BCUT2D eigenvalue weighted by molar-refractivity contribution is 5.03. The summed E-state index contributed by atoms with van der Waals surface area (Å²) < 4.78 is 5.36. The van der Waals surface area contributed by atoms with Gasteiger partial charge in [0.25, 0.3) is 0 Å². The van der Waals surface area contributed by atoms with Gasteiger partial charge in [-0.1, -0.05) is 6.92 Å². The second kappa shape index (κ2) is 6.95. The van der Waals surface area contributed by atoms with Crippen molar-refractivity contribution in [2.45, 2.75) is 44.7 Å². The molecule has 0 amide bonds. The van der Waals surface area contributed by atoms with Crippen molar-refractivity contribution in [2.75, 3.05) is 33.4 Å². The Morgan fingerprint density at radius 2 is 2.12 bits per heavy atom. The molecule has 0 aromatic rings. The minimum absolute atomic E-state index is 0.395. The van der Waals surface area contributed by atoms with E-state index in [0.29, 0.717) is 6.04 Å². The summed E-state index contributed by atoms with van der Waals surface area (Å²) in [4.78, 5) is 2.37. The van der Waals surface area contributed by atoms with Gasteiger partial charge >= 0.3 is 0 Å². The van der Waals surface area contributed by atoms with Gasteiger partial charge in [-0.05, 0) is 39.8 Å². The average Bonchev–Trinajstić information content (AvgIpc) is 2.37. The second-order valence-corrected chi connectivity index (χ2v) is 5.05. The molecule has 98 valence electrons. The van der Waals surface area contributed by atoms with Crippen molar-refractivity contribution in [3.05, 3.63) is 0 Å². The minimum Gasteiger partial charge on any atom is -0.381 e. The summed E-state index contributed by atoms with van der Waals surface area (Å²) in [7, 11) is 2.15. The predicted molar refractivity (Wildman–Crippen MR) is 68.8 cm³/mol. The van der Waals surface area contributed by atoms with E-state index in [-0.39, 0.29) is 0 Å². The largest absolute Gasteiger partial charge is 0.381 e. The lowest BCUT2D eigenvalue weighted by atomic mass is 9.98. The minimum atomic E-state index is -0.395. The molecule has 0 saturated carbocycles. The third-order valence-corrected chi connectivity index (χ3v) is 3.59. The van der Waals surface area contributed by atoms with E-state index < -0.39 is 5.54 Å². The van der Waals surface area contributed by atoms with Gasteiger partial charge in [0.15, 0.2) is 0 Å². The zero-order chi connectivity index (χ0) is 12.7. The van der Waals surface area contributed by atoms with Gasteiger partial charge in [0, 0.05) is 25.8 Å². The summed E-state index contributed by atoms with van der Waals surface area (Å²) >= 11 is 0. The van der Waals surface area contributed by atoms with Crippen LogP contribution in [0.4, 0.5) is 0 Å². The second-order valence-electron chi connectivity index (χ2n) is 5.05. The zero-order valence-corrected chi connectivity index (χ0v) is 11.3. The number of rotatable bonds is 6. The van der Waals surface area contributed by atoms with Gasteiger partial charge in [0.2, 0.25) is 0 Å². The predicted octanol–water partition coefficient (Wildman–Crippen LogP) is 1.38. The quantitative estimate of drug-likeness (QED) is 0.761. The van der Waals surface area contributed by atoms with Gasteiger partial charge in [0.1, 0.15) is 5.54 Å². The van der Waals surface area contributed by atoms with Crippen LogP contribution in [0.2, 0.25) is 0 Å². The first-order valence-electron chi connectivity index (χ1n) is 6.55. The number of nitrogens with zero attached hydrogens (tertiary/aromatic N) is 2. The SMILES string of the molecule is CCNC(C)(C#N)CCN(C)C1CCOCC1. The monoisotopic (exact) mass is 239 g/mol. The molecule has 0 aliphatic carbocycles. The molecule has 1 aliphatic rings. The van der Waals surface area contributed by atoms with Crippen LogP contribution >= 0.6 is 0 Å². The van der Waals surface area contributed by atoms with Gasteiger partial charge in [0.05, 0.1) is 6.07 Å². The maximum absolute atomic E-state index is 9.19. The summed E-state index contributed by atoms with van der Waals surface area (Å²) in [6.45, 7) is 7.56. The van der Waals surface area contributed by atoms with E-state index in [2.05, 4.69) is 23.3 Å². The smallest absolute Gasteiger partial charge is 0.105 e. The van der Waals surface area contributed by atoms with Crippen LogP contribution in [0.25, 0.3) is 0 Å². The molecular formula is C13H25N3O.